The van der Waals surface area contributed by atoms with E-state index in [-0.39, 0.29) is 37.0 Å². The van der Waals surface area contributed by atoms with Gasteiger partial charge in [0.2, 0.25) is 0 Å². The van der Waals surface area contributed by atoms with E-state index < -0.39 is 11.2 Å². The van der Waals surface area contributed by atoms with E-state index >= 15 is 0 Å². The third-order valence-corrected chi connectivity index (χ3v) is 5.01. The van der Waals surface area contributed by atoms with E-state index in [1.165, 1.54) is 9.47 Å². The molecule has 0 fully saturated rings. The molecule has 0 saturated carbocycles. The van der Waals surface area contributed by atoms with Crippen LogP contribution in [0.4, 0.5) is 11.5 Å². The van der Waals surface area contributed by atoms with Crippen molar-refractivity contribution >= 4 is 17.4 Å². The number of carbonyl (C=O) groups excluding carboxylic acids is 1. The molecular weight excluding hydrogens is 398 g/mol. The lowest BCUT2D eigenvalue weighted by Gasteiger charge is -2.24. The van der Waals surface area contributed by atoms with Crippen molar-refractivity contribution in [1.82, 2.24) is 9.55 Å². The first-order valence-corrected chi connectivity index (χ1v) is 10.1. The van der Waals surface area contributed by atoms with E-state index in [0.717, 1.165) is 22.0 Å². The number of rotatable bonds is 8. The van der Waals surface area contributed by atoms with Crippen molar-refractivity contribution in [1.29, 1.82) is 0 Å². The molecule has 31 heavy (non-hydrogen) atoms. The maximum absolute atomic E-state index is 13.0. The lowest BCUT2D eigenvalue weighted by atomic mass is 10.2. The molecule has 164 valence electrons. The number of aryl methyl sites for hydroxylation is 1. The molecule has 2 heterocycles. The lowest BCUT2D eigenvalue weighted by Crippen LogP contribution is -3.09. The minimum atomic E-state index is -0.679. The van der Waals surface area contributed by atoms with Gasteiger partial charge in [-0.2, -0.15) is 0 Å². The molecule has 3 aromatic rings. The van der Waals surface area contributed by atoms with Crippen LogP contribution in [0.15, 0.2) is 56.5 Å². The fraction of sp³-hybridized carbons (Fsp3) is 0.318. The Morgan fingerprint density at radius 1 is 1.19 bits per heavy atom. The maximum atomic E-state index is 13.0. The van der Waals surface area contributed by atoms with Crippen LogP contribution in [0.3, 0.4) is 0 Å². The Balaban J connectivity index is 1.86. The molecule has 0 aliphatic heterocycles. The first-order chi connectivity index (χ1) is 14.8. The number of carbonyl (C=O) groups is 1. The number of H-pyrrole nitrogens is 1. The summed E-state index contributed by atoms with van der Waals surface area (Å²) in [6, 6.07) is 13.0. The minimum Gasteiger partial charge on any atom is -0.460 e. The van der Waals surface area contributed by atoms with Crippen LogP contribution in [-0.2, 0) is 17.9 Å². The largest absolute Gasteiger partial charge is 0.460 e. The Hall–Kier alpha value is -3.59. The van der Waals surface area contributed by atoms with Gasteiger partial charge in [-0.05, 0) is 31.5 Å². The number of benzene rings is 1. The van der Waals surface area contributed by atoms with Crippen molar-refractivity contribution in [2.75, 3.05) is 30.8 Å². The Morgan fingerprint density at radius 2 is 1.90 bits per heavy atom. The van der Waals surface area contributed by atoms with Crippen LogP contribution in [0.5, 0.6) is 0 Å². The number of nitrogens with two attached hydrogens (primary N) is 1. The SMILES string of the molecule is CCN(C(=O)C[NH+](C)Cc1ccc(C)o1)c1c(N)n(Cc2ccccc2)c(=O)[nH]c1=O. The zero-order chi connectivity index (χ0) is 22.5. The van der Waals surface area contributed by atoms with Crippen LogP contribution in [-0.4, -0.2) is 35.6 Å². The summed E-state index contributed by atoms with van der Waals surface area (Å²) in [6.45, 7) is 4.70. The van der Waals surface area contributed by atoms with Gasteiger partial charge in [0.15, 0.2) is 18.0 Å². The summed E-state index contributed by atoms with van der Waals surface area (Å²) in [5, 5.41) is 0. The van der Waals surface area contributed by atoms with E-state index in [4.69, 9.17) is 10.2 Å². The fourth-order valence-corrected chi connectivity index (χ4v) is 3.51. The van der Waals surface area contributed by atoms with Gasteiger partial charge >= 0.3 is 5.69 Å². The molecule has 0 radical (unpaired) electrons. The quantitative estimate of drug-likeness (QED) is 0.473. The molecule has 1 aromatic carbocycles. The molecule has 9 heteroatoms. The molecule has 0 saturated heterocycles. The number of nitrogens with one attached hydrogen (secondary N) is 2. The Labute approximate surface area is 179 Å². The van der Waals surface area contributed by atoms with E-state index in [2.05, 4.69) is 4.98 Å². The van der Waals surface area contributed by atoms with E-state index in [1.807, 2.05) is 56.4 Å². The summed E-state index contributed by atoms with van der Waals surface area (Å²) < 4.78 is 6.84. The van der Waals surface area contributed by atoms with Crippen LogP contribution in [0.2, 0.25) is 0 Å². The van der Waals surface area contributed by atoms with Gasteiger partial charge in [0.1, 0.15) is 18.1 Å². The molecule has 1 unspecified atom stereocenters. The number of quaternary nitrogens is 1. The molecule has 0 bridgehead atoms. The number of aromatic amines is 1. The van der Waals surface area contributed by atoms with Gasteiger partial charge in [-0.25, -0.2) is 4.79 Å². The zero-order valence-corrected chi connectivity index (χ0v) is 18.0. The van der Waals surface area contributed by atoms with Gasteiger partial charge in [0, 0.05) is 6.54 Å². The second-order valence-corrected chi connectivity index (χ2v) is 7.53. The summed E-state index contributed by atoms with van der Waals surface area (Å²) in [4.78, 5) is 42.5. The predicted octanol–water partition coefficient (Wildman–Crippen LogP) is 0.136. The number of furan rings is 1. The van der Waals surface area contributed by atoms with Crippen LogP contribution in [0.1, 0.15) is 24.0 Å². The molecule has 4 N–H and O–H groups in total. The monoisotopic (exact) mass is 426 g/mol. The Kier molecular flexibility index (Phi) is 6.76. The molecule has 2 aromatic heterocycles. The summed E-state index contributed by atoms with van der Waals surface area (Å²) in [5.41, 5.74) is 5.78. The third-order valence-electron chi connectivity index (χ3n) is 5.01. The molecule has 0 aliphatic rings. The van der Waals surface area contributed by atoms with Crippen LogP contribution in [0, 0.1) is 6.92 Å². The number of nitrogen functional groups attached to an aromatic ring is 1. The zero-order valence-electron chi connectivity index (χ0n) is 18.0. The van der Waals surface area contributed by atoms with E-state index in [0.29, 0.717) is 6.54 Å². The Morgan fingerprint density at radius 3 is 2.52 bits per heavy atom. The highest BCUT2D eigenvalue weighted by Crippen LogP contribution is 2.17. The maximum Gasteiger partial charge on any atom is 0.330 e. The highest BCUT2D eigenvalue weighted by atomic mass is 16.3. The molecule has 0 aliphatic carbocycles. The average Bonchev–Trinajstić information content (AvgIpc) is 3.13. The number of likely N-dealkylation sites (N-methyl/N-ethyl adjacent to an activating group) is 2. The first-order valence-electron chi connectivity index (χ1n) is 10.1. The standard InChI is InChI=1S/C22H27N5O4/c1-4-26(18(28)14-25(3)13-17-11-10-15(2)31-17)19-20(23)27(22(30)24-21(19)29)12-16-8-6-5-7-9-16/h5-11H,4,12-14,23H2,1-3H3,(H,24,29,30)/p+1. The van der Waals surface area contributed by atoms with Gasteiger partial charge in [0.05, 0.1) is 13.6 Å². The number of hydrogen-bond donors (Lipinski definition) is 3. The lowest BCUT2D eigenvalue weighted by molar-refractivity contribution is -0.886. The molecule has 0 spiro atoms. The predicted molar refractivity (Wildman–Crippen MR) is 118 cm³/mol. The number of amides is 1. The molecule has 3 rings (SSSR count). The van der Waals surface area contributed by atoms with Crippen LogP contribution < -0.4 is 26.8 Å². The minimum absolute atomic E-state index is 0.00956. The number of anilines is 2. The van der Waals surface area contributed by atoms with Crippen LogP contribution >= 0.6 is 0 Å². The second-order valence-electron chi connectivity index (χ2n) is 7.53. The number of nitrogens with zero attached hydrogens (tertiary/aromatic N) is 2. The van der Waals surface area contributed by atoms with Gasteiger partial charge in [-0.3, -0.25) is 24.0 Å². The summed E-state index contributed by atoms with van der Waals surface area (Å²) in [5.74, 6) is 1.28. The van der Waals surface area contributed by atoms with Crippen molar-refractivity contribution < 1.29 is 14.1 Å². The smallest absolute Gasteiger partial charge is 0.330 e. The summed E-state index contributed by atoms with van der Waals surface area (Å²) in [7, 11) is 1.87. The van der Waals surface area contributed by atoms with Crippen molar-refractivity contribution in [3.8, 4) is 0 Å². The van der Waals surface area contributed by atoms with Crippen molar-refractivity contribution in [3.63, 3.8) is 0 Å². The van der Waals surface area contributed by atoms with Gasteiger partial charge in [-0.1, -0.05) is 30.3 Å². The summed E-state index contributed by atoms with van der Waals surface area (Å²) in [6.07, 6.45) is 0. The summed E-state index contributed by atoms with van der Waals surface area (Å²) >= 11 is 0. The van der Waals surface area contributed by atoms with Gasteiger partial charge < -0.3 is 15.1 Å². The normalized spacial score (nSPS) is 12.0. The number of hydrogen-bond acceptors (Lipinski definition) is 5. The highest BCUT2D eigenvalue weighted by Gasteiger charge is 2.25. The van der Waals surface area contributed by atoms with Crippen LogP contribution in [0.25, 0.3) is 0 Å². The van der Waals surface area contributed by atoms with Crippen molar-refractivity contribution in [2.45, 2.75) is 26.9 Å². The molecule has 1 amide bonds. The van der Waals surface area contributed by atoms with E-state index in [1.54, 1.807) is 6.92 Å². The third kappa shape index (κ3) is 5.13. The molecule has 9 nitrogen and oxygen atoms in total. The average molecular weight is 426 g/mol. The van der Waals surface area contributed by atoms with Gasteiger partial charge in [-0.15, -0.1) is 0 Å². The topological polar surface area (TPSA) is 119 Å². The molecular formula is C22H28N5O4+. The van der Waals surface area contributed by atoms with Crippen molar-refractivity contribution in [3.05, 3.63) is 80.4 Å². The number of aromatic nitrogens is 2. The van der Waals surface area contributed by atoms with E-state index in [9.17, 15) is 14.4 Å². The van der Waals surface area contributed by atoms with Crippen molar-refractivity contribution in [2.24, 2.45) is 0 Å². The second kappa shape index (κ2) is 9.48. The first kappa shape index (κ1) is 22.1. The fourth-order valence-electron chi connectivity index (χ4n) is 3.51. The van der Waals surface area contributed by atoms with Gasteiger partial charge in [0.25, 0.3) is 11.5 Å². The Bertz CT molecular complexity index is 1160. The highest BCUT2D eigenvalue weighted by molar-refractivity contribution is 5.96. The molecule has 1 atom stereocenters.